The largest absolute Gasteiger partial charge is 0.544 e. The molecule has 13 heavy (non-hydrogen) atoms. The van der Waals surface area contributed by atoms with Gasteiger partial charge in [0.05, 0.1) is 5.56 Å². The molecule has 1 rings (SSSR count). The Bertz CT molecular complexity index is 331. The zero-order valence-corrected chi connectivity index (χ0v) is 6.64. The quantitative estimate of drug-likeness (QED) is 0.571. The maximum atomic E-state index is 10.4. The minimum absolute atomic E-state index is 0.120. The molecule has 0 aliphatic heterocycles. The Kier molecular flexibility index (Phi) is 2.59. The van der Waals surface area contributed by atoms with E-state index in [0.29, 0.717) is 0 Å². The molecule has 0 unspecified atom stereocenters. The van der Waals surface area contributed by atoms with Crippen LogP contribution < -0.4 is 9.67 Å². The zero-order chi connectivity index (χ0) is 9.84. The predicted octanol–water partition coefficient (Wildman–Crippen LogP) is -1.58. The standard InChI is InChI=1S/C8H7NO4/c10-7(11)5-9-3-1-6(2-4-9)8(12)13/h1-4H,5H2,(H-,10,11,12,13). The number of rotatable bonds is 3. The van der Waals surface area contributed by atoms with Crippen molar-refractivity contribution in [3.05, 3.63) is 30.1 Å². The molecular weight excluding hydrogens is 174 g/mol. The Hall–Kier alpha value is -1.91. The molecule has 1 aromatic heterocycles. The van der Waals surface area contributed by atoms with Crippen molar-refractivity contribution in [3.8, 4) is 0 Å². The van der Waals surface area contributed by atoms with Crippen molar-refractivity contribution in [1.82, 2.24) is 0 Å². The van der Waals surface area contributed by atoms with Crippen LogP contribution >= 0.6 is 0 Å². The molecular formula is C8H7NO4. The second-order valence-electron chi connectivity index (χ2n) is 2.44. The molecule has 0 aliphatic rings. The van der Waals surface area contributed by atoms with Crippen molar-refractivity contribution in [2.75, 3.05) is 0 Å². The van der Waals surface area contributed by atoms with Crippen LogP contribution in [-0.2, 0) is 11.3 Å². The molecule has 68 valence electrons. The second-order valence-corrected chi connectivity index (χ2v) is 2.44. The van der Waals surface area contributed by atoms with Gasteiger partial charge in [-0.05, 0) is 0 Å². The van der Waals surface area contributed by atoms with Crippen molar-refractivity contribution in [2.24, 2.45) is 0 Å². The number of carboxylic acids is 2. The first kappa shape index (κ1) is 9.18. The predicted molar refractivity (Wildman–Crippen MR) is 38.6 cm³/mol. The number of carbonyl (C=O) groups is 2. The SMILES string of the molecule is O=C([O-])C[n+]1ccc(C(=O)O)cc1. The van der Waals surface area contributed by atoms with Crippen molar-refractivity contribution < 1.29 is 24.4 Å². The summed E-state index contributed by atoms with van der Waals surface area (Å²) < 4.78 is 1.32. The van der Waals surface area contributed by atoms with Gasteiger partial charge in [0.15, 0.2) is 18.9 Å². The molecule has 1 N–H and O–H groups in total. The van der Waals surface area contributed by atoms with Crippen LogP contribution in [0.3, 0.4) is 0 Å². The highest BCUT2D eigenvalue weighted by Crippen LogP contribution is 1.93. The van der Waals surface area contributed by atoms with Crippen LogP contribution in [0, 0.1) is 0 Å². The minimum Gasteiger partial charge on any atom is -0.544 e. The van der Waals surface area contributed by atoms with Crippen LogP contribution in [0.1, 0.15) is 10.4 Å². The number of hydrogen-bond donors (Lipinski definition) is 1. The number of hydrogen-bond acceptors (Lipinski definition) is 3. The van der Waals surface area contributed by atoms with Gasteiger partial charge in [0, 0.05) is 12.1 Å². The molecule has 1 aromatic rings. The molecule has 0 aliphatic carbocycles. The van der Waals surface area contributed by atoms with Gasteiger partial charge in [-0.1, -0.05) is 0 Å². The lowest BCUT2D eigenvalue weighted by atomic mass is 10.3. The van der Waals surface area contributed by atoms with Crippen LogP contribution in [0.25, 0.3) is 0 Å². The summed E-state index contributed by atoms with van der Waals surface area (Å²) in [6.45, 7) is -0.278. The molecule has 5 heteroatoms. The Balaban J connectivity index is 2.81. The first-order valence-corrected chi connectivity index (χ1v) is 3.52. The van der Waals surface area contributed by atoms with E-state index >= 15 is 0 Å². The van der Waals surface area contributed by atoms with E-state index < -0.39 is 11.9 Å². The fraction of sp³-hybridized carbons (Fsp3) is 0.125. The van der Waals surface area contributed by atoms with Crippen LogP contribution in [0.2, 0.25) is 0 Å². The fourth-order valence-electron chi connectivity index (χ4n) is 0.854. The number of aromatic nitrogens is 1. The van der Waals surface area contributed by atoms with E-state index in [1.807, 2.05) is 0 Å². The van der Waals surface area contributed by atoms with Crippen molar-refractivity contribution in [2.45, 2.75) is 6.54 Å². The van der Waals surface area contributed by atoms with Gasteiger partial charge in [-0.3, -0.25) is 0 Å². The average Bonchev–Trinajstić information content (AvgIpc) is 2.04. The van der Waals surface area contributed by atoms with Gasteiger partial charge in [0.2, 0.25) is 0 Å². The van der Waals surface area contributed by atoms with Crippen LogP contribution in [0.5, 0.6) is 0 Å². The Morgan fingerprint density at radius 3 is 2.31 bits per heavy atom. The molecule has 0 aromatic carbocycles. The maximum absolute atomic E-state index is 10.4. The summed E-state index contributed by atoms with van der Waals surface area (Å²) in [6.07, 6.45) is 2.75. The molecule has 0 saturated heterocycles. The third-order valence-corrected chi connectivity index (χ3v) is 1.45. The third-order valence-electron chi connectivity index (χ3n) is 1.45. The lowest BCUT2D eigenvalue weighted by Crippen LogP contribution is -2.43. The van der Waals surface area contributed by atoms with E-state index in [4.69, 9.17) is 5.11 Å². The average molecular weight is 181 g/mol. The molecule has 0 radical (unpaired) electrons. The number of pyridine rings is 1. The van der Waals surface area contributed by atoms with E-state index in [0.717, 1.165) is 0 Å². The molecule has 5 nitrogen and oxygen atoms in total. The normalized spacial score (nSPS) is 9.54. The number of nitrogens with zero attached hydrogens (tertiary/aromatic N) is 1. The molecule has 0 fully saturated rings. The van der Waals surface area contributed by atoms with E-state index in [-0.39, 0.29) is 12.1 Å². The molecule has 1 heterocycles. The molecule has 0 atom stereocenters. The number of carboxylic acid groups (broad SMARTS) is 2. The van der Waals surface area contributed by atoms with Gasteiger partial charge < -0.3 is 15.0 Å². The first-order valence-electron chi connectivity index (χ1n) is 3.52. The highest BCUT2D eigenvalue weighted by Gasteiger charge is 2.05. The number of aromatic carboxylic acids is 1. The minimum atomic E-state index is -1.21. The topological polar surface area (TPSA) is 81.3 Å². The number of aliphatic carboxylic acids is 1. The van der Waals surface area contributed by atoms with E-state index in [9.17, 15) is 14.7 Å². The molecule has 0 amide bonds. The summed E-state index contributed by atoms with van der Waals surface area (Å²) in [6, 6.07) is 2.65. The lowest BCUT2D eigenvalue weighted by Gasteiger charge is -1.97. The van der Waals surface area contributed by atoms with E-state index in [2.05, 4.69) is 0 Å². The van der Waals surface area contributed by atoms with Crippen molar-refractivity contribution >= 4 is 11.9 Å². The summed E-state index contributed by atoms with van der Waals surface area (Å²) >= 11 is 0. The fourth-order valence-corrected chi connectivity index (χ4v) is 0.854. The summed E-state index contributed by atoms with van der Waals surface area (Å²) in [5, 5.41) is 18.7. The van der Waals surface area contributed by atoms with Crippen LogP contribution in [-0.4, -0.2) is 17.0 Å². The number of carbonyl (C=O) groups excluding carboxylic acids is 1. The van der Waals surface area contributed by atoms with E-state index in [1.165, 1.54) is 29.1 Å². The molecule has 0 spiro atoms. The first-order chi connectivity index (χ1) is 6.09. The van der Waals surface area contributed by atoms with Crippen LogP contribution in [0.4, 0.5) is 0 Å². The van der Waals surface area contributed by atoms with Gasteiger partial charge in [0.25, 0.3) is 0 Å². The van der Waals surface area contributed by atoms with Gasteiger partial charge in [-0.2, -0.15) is 4.57 Å². The zero-order valence-electron chi connectivity index (χ0n) is 6.64. The molecule has 0 bridgehead atoms. The highest BCUT2D eigenvalue weighted by atomic mass is 16.4. The Morgan fingerprint density at radius 2 is 1.92 bits per heavy atom. The highest BCUT2D eigenvalue weighted by molar-refractivity contribution is 5.87. The summed E-state index contributed by atoms with van der Waals surface area (Å²) in [5.41, 5.74) is 0.120. The smallest absolute Gasteiger partial charge is 0.336 e. The second kappa shape index (κ2) is 3.66. The lowest BCUT2D eigenvalue weighted by molar-refractivity contribution is -0.690. The Morgan fingerprint density at radius 1 is 1.38 bits per heavy atom. The van der Waals surface area contributed by atoms with Crippen LogP contribution in [0.15, 0.2) is 24.5 Å². The van der Waals surface area contributed by atoms with Crippen molar-refractivity contribution in [3.63, 3.8) is 0 Å². The van der Waals surface area contributed by atoms with Gasteiger partial charge in [0.1, 0.15) is 5.97 Å². The molecule has 0 saturated carbocycles. The van der Waals surface area contributed by atoms with Gasteiger partial charge in [-0.25, -0.2) is 4.79 Å². The van der Waals surface area contributed by atoms with Crippen molar-refractivity contribution in [1.29, 1.82) is 0 Å². The van der Waals surface area contributed by atoms with E-state index in [1.54, 1.807) is 0 Å². The summed E-state index contributed by atoms with van der Waals surface area (Å²) in [7, 11) is 0. The summed E-state index contributed by atoms with van der Waals surface area (Å²) in [5.74, 6) is -2.26. The monoisotopic (exact) mass is 181 g/mol. The Labute approximate surface area is 73.9 Å². The summed E-state index contributed by atoms with van der Waals surface area (Å²) in [4.78, 5) is 20.5. The van der Waals surface area contributed by atoms with Gasteiger partial charge in [-0.15, -0.1) is 0 Å². The van der Waals surface area contributed by atoms with Gasteiger partial charge >= 0.3 is 5.97 Å². The third kappa shape index (κ3) is 2.55. The maximum Gasteiger partial charge on any atom is 0.336 e.